The third-order valence-electron chi connectivity index (χ3n) is 3.72. The second-order valence-electron chi connectivity index (χ2n) is 5.12. The molecule has 1 amide bonds. The minimum Gasteiger partial charge on any atom is -0.481 e. The topological polar surface area (TPSA) is 66.4 Å². The van der Waals surface area contributed by atoms with Crippen LogP contribution < -0.4 is 5.32 Å². The summed E-state index contributed by atoms with van der Waals surface area (Å²) in [5, 5.41) is 11.3. The van der Waals surface area contributed by atoms with Gasteiger partial charge in [-0.3, -0.25) is 9.59 Å². The second kappa shape index (κ2) is 6.51. The molecule has 21 heavy (non-hydrogen) atoms. The van der Waals surface area contributed by atoms with Crippen LogP contribution in [0.1, 0.15) is 25.7 Å². The van der Waals surface area contributed by atoms with Crippen LogP contribution in [-0.2, 0) is 9.59 Å². The first kappa shape index (κ1) is 15.9. The number of carboxylic acids is 1. The van der Waals surface area contributed by atoms with E-state index in [9.17, 15) is 18.4 Å². The van der Waals surface area contributed by atoms with Gasteiger partial charge in [0.25, 0.3) is 0 Å². The SMILES string of the molecule is O=C(O)C1CCC(C(=O)Nc2cc(Br)c(F)cc2F)CC1. The molecule has 2 N–H and O–H groups in total. The van der Waals surface area contributed by atoms with E-state index >= 15 is 0 Å². The highest BCUT2D eigenvalue weighted by Crippen LogP contribution is 2.31. The largest absolute Gasteiger partial charge is 0.481 e. The molecule has 0 aliphatic heterocycles. The standard InChI is InChI=1S/C14H14BrF2NO3/c15-9-5-12(11(17)6-10(9)16)18-13(19)7-1-3-8(4-2-7)14(20)21/h5-8H,1-4H2,(H,18,19)(H,20,21). The van der Waals surface area contributed by atoms with E-state index in [1.165, 1.54) is 6.07 Å². The molecule has 0 unspecified atom stereocenters. The summed E-state index contributed by atoms with van der Waals surface area (Å²) in [4.78, 5) is 22.9. The molecule has 2 rings (SSSR count). The Morgan fingerprint density at radius 3 is 2.24 bits per heavy atom. The van der Waals surface area contributed by atoms with Gasteiger partial charge in [-0.05, 0) is 47.7 Å². The van der Waals surface area contributed by atoms with Gasteiger partial charge in [0.05, 0.1) is 16.1 Å². The monoisotopic (exact) mass is 361 g/mol. The lowest BCUT2D eigenvalue weighted by Crippen LogP contribution is -2.29. The van der Waals surface area contributed by atoms with Crippen LogP contribution in [-0.4, -0.2) is 17.0 Å². The number of nitrogens with one attached hydrogen (secondary N) is 1. The number of carboxylic acid groups (broad SMARTS) is 1. The number of carbonyl (C=O) groups is 2. The fourth-order valence-corrected chi connectivity index (χ4v) is 2.80. The van der Waals surface area contributed by atoms with Crippen LogP contribution in [0.25, 0.3) is 0 Å². The summed E-state index contributed by atoms with van der Waals surface area (Å²) in [6.07, 6.45) is 1.77. The normalized spacial score (nSPS) is 21.9. The summed E-state index contributed by atoms with van der Waals surface area (Å²) in [5.41, 5.74) is -0.0892. The number of carbonyl (C=O) groups excluding carboxylic acids is 1. The van der Waals surface area contributed by atoms with Gasteiger partial charge >= 0.3 is 5.97 Å². The number of hydrogen-bond donors (Lipinski definition) is 2. The molecule has 1 aromatic carbocycles. The molecule has 1 aromatic rings. The Labute approximate surface area is 128 Å². The first-order valence-electron chi connectivity index (χ1n) is 6.56. The van der Waals surface area contributed by atoms with Gasteiger partial charge in [0, 0.05) is 12.0 Å². The van der Waals surface area contributed by atoms with E-state index in [4.69, 9.17) is 5.11 Å². The van der Waals surface area contributed by atoms with Gasteiger partial charge in [0.15, 0.2) is 0 Å². The fraction of sp³-hybridized carbons (Fsp3) is 0.429. The Bertz CT molecular complexity index is 572. The summed E-state index contributed by atoms with van der Waals surface area (Å²) in [7, 11) is 0. The van der Waals surface area contributed by atoms with E-state index in [2.05, 4.69) is 21.2 Å². The molecule has 0 saturated heterocycles. The lowest BCUT2D eigenvalue weighted by Gasteiger charge is -2.25. The van der Waals surface area contributed by atoms with Crippen LogP contribution in [0.15, 0.2) is 16.6 Å². The molecule has 0 spiro atoms. The number of hydrogen-bond acceptors (Lipinski definition) is 2. The lowest BCUT2D eigenvalue weighted by molar-refractivity contribution is -0.143. The first-order chi connectivity index (χ1) is 9.88. The quantitative estimate of drug-likeness (QED) is 0.809. The van der Waals surface area contributed by atoms with E-state index in [0.717, 1.165) is 0 Å². The molecule has 1 aliphatic rings. The molecule has 0 heterocycles. The van der Waals surface area contributed by atoms with E-state index in [1.807, 2.05) is 0 Å². The molecule has 1 fully saturated rings. The molecule has 0 atom stereocenters. The highest BCUT2D eigenvalue weighted by atomic mass is 79.9. The molecule has 1 saturated carbocycles. The van der Waals surface area contributed by atoms with Gasteiger partial charge in [-0.1, -0.05) is 0 Å². The minimum absolute atomic E-state index is 0.0637. The molecule has 0 aromatic heterocycles. The number of anilines is 1. The molecule has 7 heteroatoms. The number of amides is 1. The summed E-state index contributed by atoms with van der Waals surface area (Å²) in [5.74, 6) is -3.55. The van der Waals surface area contributed by atoms with Crippen molar-refractivity contribution in [2.24, 2.45) is 11.8 Å². The van der Waals surface area contributed by atoms with Crippen molar-refractivity contribution in [2.45, 2.75) is 25.7 Å². The molecule has 4 nitrogen and oxygen atoms in total. The van der Waals surface area contributed by atoms with Gasteiger partial charge in [0.2, 0.25) is 5.91 Å². The van der Waals surface area contributed by atoms with Crippen LogP contribution in [0.4, 0.5) is 14.5 Å². The van der Waals surface area contributed by atoms with Crippen molar-refractivity contribution in [3.8, 4) is 0 Å². The summed E-state index contributed by atoms with van der Waals surface area (Å²) in [6.45, 7) is 0. The molecule has 0 bridgehead atoms. The average molecular weight is 362 g/mol. The zero-order valence-electron chi connectivity index (χ0n) is 11.0. The highest BCUT2D eigenvalue weighted by molar-refractivity contribution is 9.10. The van der Waals surface area contributed by atoms with E-state index in [-0.39, 0.29) is 22.0 Å². The van der Waals surface area contributed by atoms with Crippen molar-refractivity contribution >= 4 is 33.5 Å². The fourth-order valence-electron chi connectivity index (χ4n) is 2.46. The second-order valence-corrected chi connectivity index (χ2v) is 5.98. The number of halogens is 3. The summed E-state index contributed by atoms with van der Waals surface area (Å²) >= 11 is 2.93. The molecular weight excluding hydrogens is 348 g/mol. The highest BCUT2D eigenvalue weighted by Gasteiger charge is 2.30. The Balaban J connectivity index is 2.00. The zero-order chi connectivity index (χ0) is 15.6. The van der Waals surface area contributed by atoms with Crippen molar-refractivity contribution in [2.75, 3.05) is 5.32 Å². The molecule has 114 valence electrons. The zero-order valence-corrected chi connectivity index (χ0v) is 12.6. The maximum Gasteiger partial charge on any atom is 0.306 e. The van der Waals surface area contributed by atoms with E-state index < -0.39 is 23.5 Å². The van der Waals surface area contributed by atoms with Crippen molar-refractivity contribution in [1.29, 1.82) is 0 Å². The molecule has 0 radical (unpaired) electrons. The van der Waals surface area contributed by atoms with Crippen LogP contribution in [0.3, 0.4) is 0 Å². The van der Waals surface area contributed by atoms with Crippen molar-refractivity contribution < 1.29 is 23.5 Å². The van der Waals surface area contributed by atoms with Gasteiger partial charge < -0.3 is 10.4 Å². The van der Waals surface area contributed by atoms with E-state index in [0.29, 0.717) is 31.7 Å². The van der Waals surface area contributed by atoms with Crippen molar-refractivity contribution in [1.82, 2.24) is 0 Å². The average Bonchev–Trinajstić information content (AvgIpc) is 2.44. The lowest BCUT2D eigenvalue weighted by atomic mass is 9.81. The Morgan fingerprint density at radius 2 is 1.67 bits per heavy atom. The van der Waals surface area contributed by atoms with Crippen LogP contribution >= 0.6 is 15.9 Å². The minimum atomic E-state index is -0.845. The third kappa shape index (κ3) is 3.78. The third-order valence-corrected chi connectivity index (χ3v) is 4.32. The Hall–Kier alpha value is -1.50. The summed E-state index contributed by atoms with van der Waals surface area (Å²) < 4.78 is 26.8. The van der Waals surface area contributed by atoms with Gasteiger partial charge in [-0.2, -0.15) is 0 Å². The predicted molar refractivity (Wildman–Crippen MR) is 75.8 cm³/mol. The van der Waals surface area contributed by atoms with Crippen molar-refractivity contribution in [3.05, 3.63) is 28.2 Å². The Kier molecular flexibility index (Phi) is 4.92. The van der Waals surface area contributed by atoms with Crippen molar-refractivity contribution in [3.63, 3.8) is 0 Å². The number of aliphatic carboxylic acids is 1. The van der Waals surface area contributed by atoms with Crippen LogP contribution in [0.2, 0.25) is 0 Å². The van der Waals surface area contributed by atoms with Crippen LogP contribution in [0.5, 0.6) is 0 Å². The molecular formula is C14H14BrF2NO3. The van der Waals surface area contributed by atoms with Gasteiger partial charge in [-0.25, -0.2) is 8.78 Å². The Morgan fingerprint density at radius 1 is 1.10 bits per heavy atom. The number of benzene rings is 1. The van der Waals surface area contributed by atoms with E-state index in [1.54, 1.807) is 0 Å². The first-order valence-corrected chi connectivity index (χ1v) is 7.36. The smallest absolute Gasteiger partial charge is 0.306 e. The summed E-state index contributed by atoms with van der Waals surface area (Å²) in [6, 6.07) is 1.87. The van der Waals surface area contributed by atoms with Gasteiger partial charge in [-0.15, -0.1) is 0 Å². The van der Waals surface area contributed by atoms with Crippen LogP contribution in [0, 0.1) is 23.5 Å². The maximum absolute atomic E-state index is 13.6. The van der Waals surface area contributed by atoms with Gasteiger partial charge in [0.1, 0.15) is 11.6 Å². The predicted octanol–water partition coefficient (Wildman–Crippen LogP) is 3.56. The molecule has 1 aliphatic carbocycles. The maximum atomic E-state index is 13.6. The number of rotatable bonds is 3.